The maximum atomic E-state index is 5.87. The predicted molar refractivity (Wildman–Crippen MR) is 75.7 cm³/mol. The first-order valence-electron chi connectivity index (χ1n) is 7.22. The van der Waals surface area contributed by atoms with Crippen molar-refractivity contribution in [2.75, 3.05) is 7.11 Å². The maximum Gasteiger partial charge on any atom is 0.161 e. The molecule has 1 aromatic heterocycles. The molecule has 108 valence electrons. The van der Waals surface area contributed by atoms with Crippen LogP contribution in [0.4, 0.5) is 0 Å². The Hall–Kier alpha value is -1.07. The van der Waals surface area contributed by atoms with Gasteiger partial charge in [0.15, 0.2) is 5.75 Å². The number of aromatic nitrogens is 2. The van der Waals surface area contributed by atoms with Crippen molar-refractivity contribution in [2.45, 2.75) is 58.5 Å². The van der Waals surface area contributed by atoms with Gasteiger partial charge in [-0.1, -0.05) is 26.7 Å². The number of nitrogens with one attached hydrogen (secondary N) is 1. The average Bonchev–Trinajstić information content (AvgIpc) is 2.99. The minimum Gasteiger partial charge on any atom is -0.493 e. The summed E-state index contributed by atoms with van der Waals surface area (Å²) in [6, 6.07) is 0.0963. The standard InChI is InChI=1S/C14H26N4O/c1-4-9-18-12(11(19-3)10-16-18)13(17-15)14(2)7-5-6-8-14/h10,13,17H,4-9,15H2,1-3H3. The first-order valence-corrected chi connectivity index (χ1v) is 7.22. The van der Waals surface area contributed by atoms with Crippen molar-refractivity contribution < 1.29 is 4.74 Å². The number of methoxy groups -OCH3 is 1. The van der Waals surface area contributed by atoms with E-state index in [1.807, 2.05) is 4.68 Å². The lowest BCUT2D eigenvalue weighted by Gasteiger charge is -2.34. The fourth-order valence-electron chi connectivity index (χ4n) is 3.30. The topological polar surface area (TPSA) is 65.1 Å². The van der Waals surface area contributed by atoms with Crippen molar-refractivity contribution in [1.29, 1.82) is 0 Å². The molecule has 1 heterocycles. The molecule has 5 nitrogen and oxygen atoms in total. The van der Waals surface area contributed by atoms with E-state index in [-0.39, 0.29) is 11.5 Å². The molecule has 1 atom stereocenters. The zero-order valence-corrected chi connectivity index (χ0v) is 12.3. The van der Waals surface area contributed by atoms with E-state index in [0.29, 0.717) is 0 Å². The average molecular weight is 266 g/mol. The van der Waals surface area contributed by atoms with Crippen LogP contribution in [0.15, 0.2) is 6.20 Å². The van der Waals surface area contributed by atoms with Crippen molar-refractivity contribution in [1.82, 2.24) is 15.2 Å². The van der Waals surface area contributed by atoms with Gasteiger partial charge in [0.05, 0.1) is 25.0 Å². The third kappa shape index (κ3) is 2.62. The number of aryl methyl sites for hydroxylation is 1. The van der Waals surface area contributed by atoms with Crippen LogP contribution in [-0.2, 0) is 6.54 Å². The third-order valence-electron chi connectivity index (χ3n) is 4.38. The Morgan fingerprint density at radius 2 is 2.21 bits per heavy atom. The van der Waals surface area contributed by atoms with E-state index in [1.165, 1.54) is 25.7 Å². The van der Waals surface area contributed by atoms with Gasteiger partial charge in [0.2, 0.25) is 0 Å². The molecule has 0 bridgehead atoms. The summed E-state index contributed by atoms with van der Waals surface area (Å²) in [6.45, 7) is 5.36. The van der Waals surface area contributed by atoms with E-state index >= 15 is 0 Å². The molecule has 0 saturated heterocycles. The lowest BCUT2D eigenvalue weighted by Crippen LogP contribution is -2.40. The predicted octanol–water partition coefficient (Wildman–Crippen LogP) is 2.39. The van der Waals surface area contributed by atoms with Gasteiger partial charge in [0.25, 0.3) is 0 Å². The summed E-state index contributed by atoms with van der Waals surface area (Å²) in [5, 5.41) is 4.44. The van der Waals surface area contributed by atoms with Gasteiger partial charge in [0.1, 0.15) is 0 Å². The number of nitrogens with two attached hydrogens (primary N) is 1. The molecule has 0 radical (unpaired) electrons. The number of hydrogen-bond donors (Lipinski definition) is 2. The Morgan fingerprint density at radius 1 is 1.53 bits per heavy atom. The van der Waals surface area contributed by atoms with Crippen LogP contribution in [0.2, 0.25) is 0 Å². The Kier molecular flexibility index (Phi) is 4.47. The molecule has 3 N–H and O–H groups in total. The van der Waals surface area contributed by atoms with Gasteiger partial charge in [0, 0.05) is 6.54 Å². The maximum absolute atomic E-state index is 5.87. The van der Waals surface area contributed by atoms with Crippen LogP contribution in [0.25, 0.3) is 0 Å². The smallest absolute Gasteiger partial charge is 0.161 e. The Bertz CT molecular complexity index is 410. The second-order valence-electron chi connectivity index (χ2n) is 5.78. The van der Waals surface area contributed by atoms with Crippen LogP contribution in [0.3, 0.4) is 0 Å². The normalized spacial score (nSPS) is 19.6. The van der Waals surface area contributed by atoms with Gasteiger partial charge in [-0.3, -0.25) is 16.0 Å². The molecule has 0 aromatic carbocycles. The first-order chi connectivity index (χ1) is 9.16. The molecule has 1 fully saturated rings. The summed E-state index contributed by atoms with van der Waals surface area (Å²) in [5.74, 6) is 6.71. The van der Waals surface area contributed by atoms with E-state index in [9.17, 15) is 0 Å². The molecule has 1 aliphatic carbocycles. The zero-order valence-electron chi connectivity index (χ0n) is 12.3. The van der Waals surface area contributed by atoms with Gasteiger partial charge in [-0.15, -0.1) is 0 Å². The number of hydrazine groups is 1. The SMILES string of the molecule is CCCn1ncc(OC)c1C(NN)C1(C)CCCC1. The highest BCUT2D eigenvalue weighted by Crippen LogP contribution is 2.48. The molecule has 1 saturated carbocycles. The Labute approximate surface area is 115 Å². The van der Waals surface area contributed by atoms with Crippen LogP contribution >= 0.6 is 0 Å². The molecule has 2 rings (SSSR count). The molecule has 1 unspecified atom stereocenters. The summed E-state index contributed by atoms with van der Waals surface area (Å²) in [5.41, 5.74) is 4.30. The molecule has 1 aromatic rings. The van der Waals surface area contributed by atoms with Crippen LogP contribution in [0.1, 0.15) is 57.7 Å². The quantitative estimate of drug-likeness (QED) is 0.613. The first kappa shape index (κ1) is 14.3. The molecular weight excluding hydrogens is 240 g/mol. The van der Waals surface area contributed by atoms with E-state index in [0.717, 1.165) is 24.4 Å². The molecule has 1 aliphatic rings. The number of ether oxygens (including phenoxy) is 1. The van der Waals surface area contributed by atoms with Gasteiger partial charge in [-0.2, -0.15) is 5.10 Å². The van der Waals surface area contributed by atoms with Gasteiger partial charge in [-0.25, -0.2) is 0 Å². The number of hydrogen-bond acceptors (Lipinski definition) is 4. The lowest BCUT2D eigenvalue weighted by atomic mass is 9.79. The molecule has 19 heavy (non-hydrogen) atoms. The minimum atomic E-state index is 0.0963. The highest BCUT2D eigenvalue weighted by atomic mass is 16.5. The molecule has 5 heteroatoms. The Morgan fingerprint density at radius 3 is 2.74 bits per heavy atom. The summed E-state index contributed by atoms with van der Waals surface area (Å²) in [6.07, 6.45) is 7.79. The van der Waals surface area contributed by atoms with Crippen molar-refractivity contribution in [3.8, 4) is 5.75 Å². The van der Waals surface area contributed by atoms with Crippen LogP contribution in [0.5, 0.6) is 5.75 Å². The minimum absolute atomic E-state index is 0.0963. The second-order valence-corrected chi connectivity index (χ2v) is 5.78. The van der Waals surface area contributed by atoms with E-state index in [1.54, 1.807) is 13.3 Å². The van der Waals surface area contributed by atoms with Gasteiger partial charge < -0.3 is 4.74 Å². The molecule has 0 aliphatic heterocycles. The van der Waals surface area contributed by atoms with Crippen molar-refractivity contribution in [3.63, 3.8) is 0 Å². The molecular formula is C14H26N4O. The summed E-state index contributed by atoms with van der Waals surface area (Å²) >= 11 is 0. The summed E-state index contributed by atoms with van der Waals surface area (Å²) < 4.78 is 7.52. The Balaban J connectivity index is 2.38. The highest BCUT2D eigenvalue weighted by molar-refractivity contribution is 5.30. The zero-order chi connectivity index (χ0) is 13.9. The van der Waals surface area contributed by atoms with Crippen molar-refractivity contribution >= 4 is 0 Å². The summed E-state index contributed by atoms with van der Waals surface area (Å²) in [7, 11) is 1.70. The van der Waals surface area contributed by atoms with Crippen LogP contribution < -0.4 is 16.0 Å². The third-order valence-corrected chi connectivity index (χ3v) is 4.38. The number of nitrogens with zero attached hydrogens (tertiary/aromatic N) is 2. The molecule has 0 amide bonds. The van der Waals surface area contributed by atoms with Gasteiger partial charge in [-0.05, 0) is 24.7 Å². The monoisotopic (exact) mass is 266 g/mol. The number of rotatable bonds is 6. The van der Waals surface area contributed by atoms with E-state index in [4.69, 9.17) is 10.6 Å². The van der Waals surface area contributed by atoms with Crippen LogP contribution in [-0.4, -0.2) is 16.9 Å². The largest absolute Gasteiger partial charge is 0.493 e. The lowest BCUT2D eigenvalue weighted by molar-refractivity contribution is 0.208. The van der Waals surface area contributed by atoms with Crippen molar-refractivity contribution in [2.24, 2.45) is 11.3 Å². The van der Waals surface area contributed by atoms with Crippen molar-refractivity contribution in [3.05, 3.63) is 11.9 Å². The summed E-state index contributed by atoms with van der Waals surface area (Å²) in [4.78, 5) is 0. The second kappa shape index (κ2) is 5.92. The fraction of sp³-hybridized carbons (Fsp3) is 0.786. The van der Waals surface area contributed by atoms with E-state index < -0.39 is 0 Å². The highest BCUT2D eigenvalue weighted by Gasteiger charge is 2.40. The van der Waals surface area contributed by atoms with Gasteiger partial charge >= 0.3 is 0 Å². The van der Waals surface area contributed by atoms with E-state index in [2.05, 4.69) is 24.4 Å². The van der Waals surface area contributed by atoms with Crippen LogP contribution in [0, 0.1) is 5.41 Å². The molecule has 0 spiro atoms. The fourth-order valence-corrected chi connectivity index (χ4v) is 3.30.